The van der Waals surface area contributed by atoms with Crippen LogP contribution in [-0.2, 0) is 11.3 Å². The zero-order valence-electron chi connectivity index (χ0n) is 15.8. The summed E-state index contributed by atoms with van der Waals surface area (Å²) < 4.78 is 5.40. The third-order valence-electron chi connectivity index (χ3n) is 4.27. The Morgan fingerprint density at radius 2 is 1.84 bits per heavy atom. The minimum atomic E-state index is -0.224. The first kappa shape index (κ1) is 21.7. The lowest BCUT2D eigenvalue weighted by molar-refractivity contribution is -0.122. The van der Waals surface area contributed by atoms with Gasteiger partial charge in [0, 0.05) is 5.02 Å². The van der Waals surface area contributed by atoms with Crippen molar-refractivity contribution in [2.75, 3.05) is 0 Å². The summed E-state index contributed by atoms with van der Waals surface area (Å²) in [7, 11) is 0. The molecule has 0 radical (unpaired) electrons. The Morgan fingerprint density at radius 3 is 2.58 bits per heavy atom. The molecule has 1 amide bonds. The van der Waals surface area contributed by atoms with Crippen LogP contribution >= 0.6 is 46.6 Å². The smallest absolute Gasteiger partial charge is 0.267 e. The van der Waals surface area contributed by atoms with Crippen LogP contribution in [0.1, 0.15) is 16.9 Å². The monoisotopic (exact) mass is 489 g/mol. The number of hydrogen-bond donors (Lipinski definition) is 0. The summed E-state index contributed by atoms with van der Waals surface area (Å²) in [4.78, 5) is 15.0. The zero-order valence-corrected chi connectivity index (χ0v) is 18.9. The Bertz CT molecular complexity index is 1190. The maximum absolute atomic E-state index is 13.1. The van der Waals surface area contributed by atoms with Gasteiger partial charge in [-0.05, 0) is 59.3 Å². The van der Waals surface area contributed by atoms with E-state index in [4.69, 9.17) is 39.2 Å². The van der Waals surface area contributed by atoms with Crippen molar-refractivity contribution in [3.8, 4) is 0 Å². The van der Waals surface area contributed by atoms with E-state index in [0.717, 1.165) is 5.56 Å². The van der Waals surface area contributed by atoms with Crippen molar-refractivity contribution in [2.45, 2.75) is 6.54 Å². The van der Waals surface area contributed by atoms with Gasteiger partial charge in [-0.3, -0.25) is 9.69 Å². The van der Waals surface area contributed by atoms with E-state index < -0.39 is 0 Å². The van der Waals surface area contributed by atoms with Crippen molar-refractivity contribution >= 4 is 69.9 Å². The molecule has 156 valence electrons. The highest BCUT2D eigenvalue weighted by atomic mass is 35.5. The first-order valence-electron chi connectivity index (χ1n) is 9.05. The van der Waals surface area contributed by atoms with Crippen molar-refractivity contribution in [2.24, 2.45) is 10.2 Å². The topological polar surface area (TPSA) is 58.2 Å². The third kappa shape index (κ3) is 5.22. The Balaban J connectivity index is 1.64. The molecule has 1 saturated heterocycles. The van der Waals surface area contributed by atoms with Gasteiger partial charge in [0.25, 0.3) is 5.91 Å². The van der Waals surface area contributed by atoms with Crippen molar-refractivity contribution < 1.29 is 9.21 Å². The van der Waals surface area contributed by atoms with Crippen LogP contribution in [0.25, 0.3) is 6.08 Å². The van der Waals surface area contributed by atoms with E-state index >= 15 is 0 Å². The molecule has 0 saturated carbocycles. The maximum atomic E-state index is 13.1. The van der Waals surface area contributed by atoms with Crippen LogP contribution in [0.4, 0.5) is 0 Å². The SMILES string of the molecule is O=C1/C(=C/c2cccc(Cl)c2Cl)S/C(=N\N=C\c2ccc(Cl)cc2)N1Cc1ccco1. The largest absolute Gasteiger partial charge is 0.467 e. The molecule has 0 bridgehead atoms. The molecule has 1 aliphatic rings. The Hall–Kier alpha value is -2.51. The highest BCUT2D eigenvalue weighted by Gasteiger charge is 2.34. The molecule has 4 rings (SSSR count). The summed E-state index contributed by atoms with van der Waals surface area (Å²) >= 11 is 19.5. The molecule has 5 nitrogen and oxygen atoms in total. The van der Waals surface area contributed by atoms with Crippen LogP contribution < -0.4 is 0 Å². The van der Waals surface area contributed by atoms with Gasteiger partial charge < -0.3 is 4.42 Å². The molecule has 0 unspecified atom stereocenters. The Kier molecular flexibility index (Phi) is 6.83. The molecule has 0 aliphatic carbocycles. The second-order valence-electron chi connectivity index (χ2n) is 6.40. The number of hydrogen-bond acceptors (Lipinski definition) is 5. The number of carbonyl (C=O) groups is 1. The summed E-state index contributed by atoms with van der Waals surface area (Å²) in [6.45, 7) is 0.231. The predicted octanol–water partition coefficient (Wildman–Crippen LogP) is 6.75. The lowest BCUT2D eigenvalue weighted by Crippen LogP contribution is -2.28. The fourth-order valence-electron chi connectivity index (χ4n) is 2.75. The van der Waals surface area contributed by atoms with E-state index in [2.05, 4.69) is 10.2 Å². The van der Waals surface area contributed by atoms with Gasteiger partial charge in [0.1, 0.15) is 5.76 Å². The number of amides is 1. The molecule has 1 fully saturated rings. The number of carbonyl (C=O) groups excluding carboxylic acids is 1. The van der Waals surface area contributed by atoms with Crippen LogP contribution in [0.15, 0.2) is 80.4 Å². The average molecular weight is 491 g/mol. The molecule has 31 heavy (non-hydrogen) atoms. The number of benzene rings is 2. The van der Waals surface area contributed by atoms with Crippen molar-refractivity contribution in [1.29, 1.82) is 0 Å². The van der Waals surface area contributed by atoms with Crippen LogP contribution in [0.3, 0.4) is 0 Å². The fraction of sp³-hybridized carbons (Fsp3) is 0.0455. The van der Waals surface area contributed by atoms with E-state index in [0.29, 0.717) is 36.5 Å². The van der Waals surface area contributed by atoms with E-state index in [9.17, 15) is 4.79 Å². The zero-order chi connectivity index (χ0) is 21.8. The average Bonchev–Trinajstić information content (AvgIpc) is 3.37. The van der Waals surface area contributed by atoms with Crippen LogP contribution in [0, 0.1) is 0 Å². The molecule has 1 aliphatic heterocycles. The number of halogens is 3. The van der Waals surface area contributed by atoms with Crippen molar-refractivity contribution in [3.05, 3.63) is 97.7 Å². The normalized spacial score (nSPS) is 16.9. The van der Waals surface area contributed by atoms with Crippen LogP contribution in [0.2, 0.25) is 15.1 Å². The summed E-state index contributed by atoms with van der Waals surface area (Å²) in [5.41, 5.74) is 1.48. The van der Waals surface area contributed by atoms with Gasteiger partial charge in [-0.2, -0.15) is 5.10 Å². The molecule has 0 N–H and O–H groups in total. The van der Waals surface area contributed by atoms with Crippen LogP contribution in [-0.4, -0.2) is 22.2 Å². The van der Waals surface area contributed by atoms with E-state index in [-0.39, 0.29) is 12.5 Å². The van der Waals surface area contributed by atoms with E-state index in [1.165, 1.54) is 16.7 Å². The minimum Gasteiger partial charge on any atom is -0.467 e. The number of nitrogens with zero attached hydrogens (tertiary/aromatic N) is 3. The molecule has 2 aromatic carbocycles. The summed E-state index contributed by atoms with van der Waals surface area (Å²) in [5.74, 6) is 0.406. The Morgan fingerprint density at radius 1 is 1.03 bits per heavy atom. The van der Waals surface area contributed by atoms with Gasteiger partial charge >= 0.3 is 0 Å². The molecular weight excluding hydrogens is 477 g/mol. The molecule has 1 aromatic heterocycles. The third-order valence-corrected chi connectivity index (χ3v) is 6.35. The van der Waals surface area contributed by atoms with Gasteiger partial charge in [0.15, 0.2) is 5.17 Å². The summed E-state index contributed by atoms with van der Waals surface area (Å²) in [6.07, 6.45) is 4.85. The van der Waals surface area contributed by atoms with Gasteiger partial charge in [-0.25, -0.2) is 0 Å². The minimum absolute atomic E-state index is 0.224. The fourth-order valence-corrected chi connectivity index (χ4v) is 4.16. The standard InChI is InChI=1S/C22H14Cl3N3O2S/c23-16-8-6-14(7-9-16)12-26-27-22-28(13-17-4-2-10-30-17)21(29)19(31-22)11-15-3-1-5-18(24)20(15)25/h1-12H,13H2/b19-11-,26-12+,27-22-. The number of thioether (sulfide) groups is 1. The van der Waals surface area contributed by atoms with Crippen molar-refractivity contribution in [1.82, 2.24) is 4.90 Å². The summed E-state index contributed by atoms with van der Waals surface area (Å²) in [5, 5.41) is 10.3. The molecule has 0 atom stereocenters. The van der Waals surface area contributed by atoms with Gasteiger partial charge in [0.05, 0.1) is 34.0 Å². The predicted molar refractivity (Wildman–Crippen MR) is 128 cm³/mol. The lowest BCUT2D eigenvalue weighted by Gasteiger charge is -2.12. The number of furan rings is 1. The molecule has 2 heterocycles. The number of rotatable bonds is 5. The highest BCUT2D eigenvalue weighted by molar-refractivity contribution is 8.18. The van der Waals surface area contributed by atoms with Crippen LogP contribution in [0.5, 0.6) is 0 Å². The first-order chi connectivity index (χ1) is 15.0. The molecule has 3 aromatic rings. The second kappa shape index (κ2) is 9.75. The summed E-state index contributed by atoms with van der Waals surface area (Å²) in [6, 6.07) is 16.0. The molecule has 9 heteroatoms. The molecule has 0 spiro atoms. The van der Waals surface area contributed by atoms with E-state index in [1.807, 2.05) is 12.1 Å². The highest BCUT2D eigenvalue weighted by Crippen LogP contribution is 2.36. The quantitative estimate of drug-likeness (QED) is 0.226. The first-order valence-corrected chi connectivity index (χ1v) is 11.0. The van der Waals surface area contributed by atoms with Gasteiger partial charge in [0.2, 0.25) is 0 Å². The van der Waals surface area contributed by atoms with Gasteiger partial charge in [-0.15, -0.1) is 5.10 Å². The van der Waals surface area contributed by atoms with Crippen molar-refractivity contribution in [3.63, 3.8) is 0 Å². The van der Waals surface area contributed by atoms with Gasteiger partial charge in [-0.1, -0.05) is 59.1 Å². The van der Waals surface area contributed by atoms with E-state index in [1.54, 1.807) is 61.0 Å². The lowest BCUT2D eigenvalue weighted by atomic mass is 10.2. The maximum Gasteiger partial charge on any atom is 0.267 e. The molecular formula is C22H14Cl3N3O2S. The Labute approximate surface area is 198 Å². The number of amidine groups is 1. The second-order valence-corrected chi connectivity index (χ2v) is 8.63.